The summed E-state index contributed by atoms with van der Waals surface area (Å²) in [4.78, 5) is 10.8. The van der Waals surface area contributed by atoms with Crippen molar-refractivity contribution in [2.45, 2.75) is 27.0 Å². The van der Waals surface area contributed by atoms with Gasteiger partial charge in [-0.25, -0.2) is 4.98 Å². The first-order valence-corrected chi connectivity index (χ1v) is 6.45. The van der Waals surface area contributed by atoms with Gasteiger partial charge in [-0.2, -0.15) is 0 Å². The summed E-state index contributed by atoms with van der Waals surface area (Å²) in [5.74, 6) is 0.906. The molecule has 0 amide bonds. The molecule has 100 valence electrons. The van der Waals surface area contributed by atoms with Crippen molar-refractivity contribution in [3.63, 3.8) is 0 Å². The van der Waals surface area contributed by atoms with Crippen LogP contribution in [0.15, 0.2) is 36.7 Å². The van der Waals surface area contributed by atoms with Gasteiger partial charge >= 0.3 is 0 Å². The molecule has 0 radical (unpaired) electrons. The van der Waals surface area contributed by atoms with Gasteiger partial charge in [-0.3, -0.25) is 4.98 Å². The largest absolute Gasteiger partial charge is 0.392 e. The van der Waals surface area contributed by atoms with Crippen LogP contribution in [0, 0.1) is 6.92 Å². The van der Waals surface area contributed by atoms with Crippen LogP contribution in [0.3, 0.4) is 0 Å². The molecule has 0 atom stereocenters. The third-order valence-electron chi connectivity index (χ3n) is 3.01. The lowest BCUT2D eigenvalue weighted by Gasteiger charge is -2.23. The molecule has 0 saturated heterocycles. The number of aliphatic hydroxyl groups excluding tert-OH is 1. The summed E-state index contributed by atoms with van der Waals surface area (Å²) in [7, 11) is 0. The number of aryl methyl sites for hydroxylation is 1. The summed E-state index contributed by atoms with van der Waals surface area (Å²) >= 11 is 0. The minimum atomic E-state index is 0.0448. The number of aliphatic hydroxyl groups is 1. The highest BCUT2D eigenvalue weighted by molar-refractivity contribution is 5.43. The molecule has 4 heteroatoms. The summed E-state index contributed by atoms with van der Waals surface area (Å²) < 4.78 is 0. The molecule has 0 unspecified atom stereocenters. The topological polar surface area (TPSA) is 49.2 Å². The zero-order valence-electron chi connectivity index (χ0n) is 11.4. The van der Waals surface area contributed by atoms with Crippen LogP contribution in [0.2, 0.25) is 0 Å². The molecule has 2 aromatic rings. The normalized spacial score (nSPS) is 10.5. The van der Waals surface area contributed by atoms with E-state index >= 15 is 0 Å². The maximum atomic E-state index is 9.28. The van der Waals surface area contributed by atoms with E-state index in [-0.39, 0.29) is 6.61 Å². The Balaban J connectivity index is 2.24. The number of hydrogen-bond donors (Lipinski definition) is 1. The third-order valence-corrected chi connectivity index (χ3v) is 3.01. The Labute approximate surface area is 113 Å². The van der Waals surface area contributed by atoms with Crippen molar-refractivity contribution < 1.29 is 5.11 Å². The summed E-state index contributed by atoms with van der Waals surface area (Å²) in [5, 5.41) is 9.28. The fraction of sp³-hybridized carbons (Fsp3) is 0.333. The van der Waals surface area contributed by atoms with Crippen LogP contribution in [0.5, 0.6) is 0 Å². The van der Waals surface area contributed by atoms with Gasteiger partial charge in [0.25, 0.3) is 0 Å². The molecule has 1 N–H and O–H groups in total. The Morgan fingerprint density at radius 2 is 1.89 bits per heavy atom. The van der Waals surface area contributed by atoms with E-state index in [0.29, 0.717) is 0 Å². The van der Waals surface area contributed by atoms with E-state index in [4.69, 9.17) is 0 Å². The van der Waals surface area contributed by atoms with E-state index in [9.17, 15) is 5.11 Å². The lowest BCUT2D eigenvalue weighted by atomic mass is 10.2. The number of nitrogens with zero attached hydrogens (tertiary/aromatic N) is 3. The van der Waals surface area contributed by atoms with Crippen molar-refractivity contribution in [1.29, 1.82) is 0 Å². The molecule has 2 rings (SSSR count). The van der Waals surface area contributed by atoms with Gasteiger partial charge in [0.05, 0.1) is 6.61 Å². The van der Waals surface area contributed by atoms with E-state index in [1.165, 1.54) is 5.56 Å². The second-order valence-corrected chi connectivity index (χ2v) is 4.50. The predicted molar refractivity (Wildman–Crippen MR) is 75.9 cm³/mol. The van der Waals surface area contributed by atoms with Crippen LogP contribution in [-0.2, 0) is 13.2 Å². The van der Waals surface area contributed by atoms with Crippen molar-refractivity contribution in [2.75, 3.05) is 11.4 Å². The van der Waals surface area contributed by atoms with Gasteiger partial charge in [0.1, 0.15) is 5.82 Å². The molecule has 0 aromatic carbocycles. The maximum Gasteiger partial charge on any atom is 0.129 e. The van der Waals surface area contributed by atoms with Gasteiger partial charge in [-0.05, 0) is 49.2 Å². The predicted octanol–water partition coefficient (Wildman–Crippen LogP) is 2.30. The summed E-state index contributed by atoms with van der Waals surface area (Å²) in [6.07, 6.45) is 3.60. The smallest absolute Gasteiger partial charge is 0.129 e. The molecule has 2 aromatic heterocycles. The van der Waals surface area contributed by atoms with E-state index in [1.807, 2.05) is 31.2 Å². The second kappa shape index (κ2) is 6.29. The molecule has 2 heterocycles. The molecule has 0 aliphatic heterocycles. The van der Waals surface area contributed by atoms with Crippen molar-refractivity contribution in [3.8, 4) is 0 Å². The van der Waals surface area contributed by atoms with Gasteiger partial charge < -0.3 is 10.0 Å². The minimum Gasteiger partial charge on any atom is -0.392 e. The number of hydrogen-bond acceptors (Lipinski definition) is 4. The lowest BCUT2D eigenvalue weighted by Crippen LogP contribution is -2.23. The third kappa shape index (κ3) is 3.51. The monoisotopic (exact) mass is 257 g/mol. The number of pyridine rings is 2. The summed E-state index contributed by atoms with van der Waals surface area (Å²) in [6.45, 7) is 5.75. The van der Waals surface area contributed by atoms with Crippen molar-refractivity contribution >= 4 is 5.82 Å². The molecule has 0 spiro atoms. The van der Waals surface area contributed by atoms with Crippen LogP contribution in [0.25, 0.3) is 0 Å². The van der Waals surface area contributed by atoms with Gasteiger partial charge in [-0.15, -0.1) is 0 Å². The molecule has 0 bridgehead atoms. The van der Waals surface area contributed by atoms with Crippen molar-refractivity contribution in [1.82, 2.24) is 9.97 Å². The van der Waals surface area contributed by atoms with Crippen LogP contribution >= 0.6 is 0 Å². The number of aromatic nitrogens is 2. The SMILES string of the molecule is CCN(Cc1ccncc1)c1cc(CO)cc(C)n1. The second-order valence-electron chi connectivity index (χ2n) is 4.50. The Hall–Kier alpha value is -1.94. The van der Waals surface area contributed by atoms with Gasteiger partial charge in [0, 0.05) is 31.2 Å². The van der Waals surface area contributed by atoms with Crippen LogP contribution in [-0.4, -0.2) is 21.6 Å². The van der Waals surface area contributed by atoms with E-state index in [2.05, 4.69) is 21.8 Å². The molecule has 0 fully saturated rings. The van der Waals surface area contributed by atoms with Gasteiger partial charge in [0.2, 0.25) is 0 Å². The molecule has 4 nitrogen and oxygen atoms in total. The zero-order valence-corrected chi connectivity index (χ0v) is 11.4. The summed E-state index contributed by atoms with van der Waals surface area (Å²) in [6, 6.07) is 7.86. The Bertz CT molecular complexity index is 528. The fourth-order valence-corrected chi connectivity index (χ4v) is 2.04. The first-order valence-electron chi connectivity index (χ1n) is 6.45. The highest BCUT2D eigenvalue weighted by atomic mass is 16.3. The average molecular weight is 257 g/mol. The Morgan fingerprint density at radius 1 is 1.16 bits per heavy atom. The minimum absolute atomic E-state index is 0.0448. The average Bonchev–Trinajstić information content (AvgIpc) is 2.45. The first kappa shape index (κ1) is 13.5. The molecule has 0 saturated carbocycles. The zero-order chi connectivity index (χ0) is 13.7. The summed E-state index contributed by atoms with van der Waals surface area (Å²) in [5.41, 5.74) is 3.02. The fourth-order valence-electron chi connectivity index (χ4n) is 2.04. The maximum absolute atomic E-state index is 9.28. The van der Waals surface area contributed by atoms with Crippen LogP contribution in [0.1, 0.15) is 23.7 Å². The van der Waals surface area contributed by atoms with E-state index < -0.39 is 0 Å². The van der Waals surface area contributed by atoms with Gasteiger partial charge in [-0.1, -0.05) is 0 Å². The lowest BCUT2D eigenvalue weighted by molar-refractivity contribution is 0.281. The van der Waals surface area contributed by atoms with Crippen LogP contribution in [0.4, 0.5) is 5.82 Å². The van der Waals surface area contributed by atoms with E-state index in [1.54, 1.807) is 12.4 Å². The molecule has 0 aliphatic carbocycles. The molecule has 19 heavy (non-hydrogen) atoms. The highest BCUT2D eigenvalue weighted by Crippen LogP contribution is 2.17. The Morgan fingerprint density at radius 3 is 2.53 bits per heavy atom. The Kier molecular flexibility index (Phi) is 4.47. The molecule has 0 aliphatic rings. The molecular formula is C15H19N3O. The van der Waals surface area contributed by atoms with Crippen molar-refractivity contribution in [3.05, 3.63) is 53.5 Å². The quantitative estimate of drug-likeness (QED) is 0.893. The first-order chi connectivity index (χ1) is 9.22. The van der Waals surface area contributed by atoms with Crippen LogP contribution < -0.4 is 4.90 Å². The van der Waals surface area contributed by atoms with Crippen molar-refractivity contribution in [2.24, 2.45) is 0 Å². The van der Waals surface area contributed by atoms with Gasteiger partial charge in [0.15, 0.2) is 0 Å². The highest BCUT2D eigenvalue weighted by Gasteiger charge is 2.08. The molecular weight excluding hydrogens is 238 g/mol. The van der Waals surface area contributed by atoms with E-state index in [0.717, 1.165) is 30.2 Å². The number of anilines is 1. The standard InChI is InChI=1S/C15H19N3O/c1-3-18(10-13-4-6-16-7-5-13)15-9-14(11-19)8-12(2)17-15/h4-9,19H,3,10-11H2,1-2H3. The number of rotatable bonds is 5.